The molecule has 1 heterocycles. The minimum absolute atomic E-state index is 0.0729. The van der Waals surface area contributed by atoms with Crippen LogP contribution in [0.2, 0.25) is 5.02 Å². The third-order valence-corrected chi connectivity index (χ3v) is 4.41. The zero-order chi connectivity index (χ0) is 19.8. The van der Waals surface area contributed by atoms with Gasteiger partial charge in [0.2, 0.25) is 0 Å². The lowest BCUT2D eigenvalue weighted by Gasteiger charge is -2.08. The van der Waals surface area contributed by atoms with Gasteiger partial charge in [0.1, 0.15) is 18.0 Å². The third-order valence-electron chi connectivity index (χ3n) is 3.51. The van der Waals surface area contributed by atoms with E-state index in [2.05, 4.69) is 26.4 Å². The molecule has 0 radical (unpaired) electrons. The Morgan fingerprint density at radius 1 is 1.19 bits per heavy atom. The van der Waals surface area contributed by atoms with Gasteiger partial charge in [-0.1, -0.05) is 64.7 Å². The molecule has 3 aromatic rings. The first-order chi connectivity index (χ1) is 13.0. The third kappa shape index (κ3) is 5.58. The topological polar surface area (TPSA) is 64.4 Å². The van der Waals surface area contributed by atoms with Crippen molar-refractivity contribution in [1.29, 1.82) is 0 Å². The Bertz CT molecular complexity index is 894. The summed E-state index contributed by atoms with van der Waals surface area (Å²) in [5, 5.41) is 7.16. The van der Waals surface area contributed by atoms with Gasteiger partial charge in [0.05, 0.1) is 0 Å². The van der Waals surface area contributed by atoms with Gasteiger partial charge in [0, 0.05) is 20.6 Å². The monoisotopic (exact) mass is 450 g/mol. The summed E-state index contributed by atoms with van der Waals surface area (Å²) < 4.78 is 11.5. The molecule has 2 aromatic carbocycles. The van der Waals surface area contributed by atoms with Gasteiger partial charge in [0.25, 0.3) is 0 Å². The summed E-state index contributed by atoms with van der Waals surface area (Å²) in [5.41, 5.74) is 2.57. The second-order valence-corrected chi connectivity index (χ2v) is 6.59. The number of hydrogen-bond donors (Lipinski definition) is 1. The number of carbonyl (C=O) groups excluding carboxylic acids is 1. The van der Waals surface area contributed by atoms with Gasteiger partial charge in [-0.25, -0.2) is 4.79 Å². The summed E-state index contributed by atoms with van der Waals surface area (Å²) in [4.78, 5) is 12.1. The molecule has 0 aliphatic rings. The van der Waals surface area contributed by atoms with Gasteiger partial charge in [-0.15, -0.1) is 0 Å². The van der Waals surface area contributed by atoms with Crippen LogP contribution in [0.1, 0.15) is 25.1 Å². The normalized spacial score (nSPS) is 9.96. The van der Waals surface area contributed by atoms with Crippen molar-refractivity contribution in [2.75, 3.05) is 5.32 Å². The number of rotatable bonds is 4. The quantitative estimate of drug-likeness (QED) is 0.471. The molecule has 142 valence electrons. The molecular weight excluding hydrogens is 432 g/mol. The highest BCUT2D eigenvalue weighted by molar-refractivity contribution is 9.10. The molecule has 0 unspecified atom stereocenters. The maximum atomic E-state index is 12.1. The number of hydrogen-bond acceptors (Lipinski definition) is 4. The number of halogens is 2. The van der Waals surface area contributed by atoms with Crippen molar-refractivity contribution in [2.24, 2.45) is 0 Å². The van der Waals surface area contributed by atoms with Crippen molar-refractivity contribution in [2.45, 2.75) is 27.4 Å². The molecule has 0 fully saturated rings. The molecule has 0 spiro atoms. The predicted molar refractivity (Wildman–Crippen MR) is 111 cm³/mol. The molecule has 1 N–H and O–H groups in total. The molecule has 0 atom stereocenters. The van der Waals surface area contributed by atoms with E-state index in [1.165, 1.54) is 0 Å². The number of aryl methyl sites for hydroxylation is 1. The van der Waals surface area contributed by atoms with Gasteiger partial charge in [0.15, 0.2) is 5.76 Å². The van der Waals surface area contributed by atoms with Gasteiger partial charge in [-0.3, -0.25) is 5.32 Å². The predicted octanol–water partition coefficient (Wildman–Crippen LogP) is 6.84. The van der Waals surface area contributed by atoms with Crippen LogP contribution in [0.5, 0.6) is 0 Å². The number of aromatic nitrogens is 1. The zero-order valence-electron chi connectivity index (χ0n) is 15.3. The second-order valence-electron chi connectivity index (χ2n) is 5.27. The largest absolute Gasteiger partial charge is 0.444 e. The van der Waals surface area contributed by atoms with Crippen LogP contribution in [0, 0.1) is 6.92 Å². The molecule has 0 bridgehead atoms. The lowest BCUT2D eigenvalue weighted by Crippen LogP contribution is -2.14. The second kappa shape index (κ2) is 10.1. The van der Waals surface area contributed by atoms with E-state index < -0.39 is 6.09 Å². The van der Waals surface area contributed by atoms with E-state index in [0.717, 1.165) is 15.6 Å². The van der Waals surface area contributed by atoms with Crippen LogP contribution in [0.3, 0.4) is 0 Å². The van der Waals surface area contributed by atoms with Crippen LogP contribution in [0.25, 0.3) is 11.3 Å². The van der Waals surface area contributed by atoms with Crippen molar-refractivity contribution < 1.29 is 14.1 Å². The van der Waals surface area contributed by atoms with Crippen LogP contribution >= 0.6 is 27.5 Å². The van der Waals surface area contributed by atoms with Crippen LogP contribution < -0.4 is 5.32 Å². The van der Waals surface area contributed by atoms with Crippen LogP contribution in [0.4, 0.5) is 10.5 Å². The van der Waals surface area contributed by atoms with Gasteiger partial charge in [-0.2, -0.15) is 0 Å². The molecule has 7 heteroatoms. The van der Waals surface area contributed by atoms with Crippen molar-refractivity contribution in [3.05, 3.63) is 69.3 Å². The SMILES string of the molecule is CC.Cc1noc(-c2ccc(Br)cc2)c1NC(=O)OCc1ccccc1Cl. The fourth-order valence-corrected chi connectivity index (χ4v) is 2.67. The Balaban J connectivity index is 0.00000126. The molecule has 3 rings (SSSR count). The molecule has 0 saturated carbocycles. The first-order valence-corrected chi connectivity index (χ1v) is 9.61. The molecule has 1 aromatic heterocycles. The number of anilines is 1. The Morgan fingerprint density at radius 2 is 1.85 bits per heavy atom. The summed E-state index contributed by atoms with van der Waals surface area (Å²) in [6.07, 6.45) is -0.607. The zero-order valence-corrected chi connectivity index (χ0v) is 17.6. The highest BCUT2D eigenvalue weighted by atomic mass is 79.9. The van der Waals surface area contributed by atoms with E-state index >= 15 is 0 Å². The maximum absolute atomic E-state index is 12.1. The van der Waals surface area contributed by atoms with Crippen LogP contribution in [0.15, 0.2) is 57.5 Å². The number of carbonyl (C=O) groups is 1. The molecule has 0 aliphatic heterocycles. The van der Waals surface area contributed by atoms with Crippen molar-refractivity contribution >= 4 is 39.3 Å². The molecular formula is C20H20BrClN2O3. The fraction of sp³-hybridized carbons (Fsp3) is 0.200. The van der Waals surface area contributed by atoms with E-state index in [1.807, 2.05) is 50.2 Å². The number of benzene rings is 2. The first kappa shape index (κ1) is 21.0. The first-order valence-electron chi connectivity index (χ1n) is 8.44. The van der Waals surface area contributed by atoms with Crippen molar-refractivity contribution in [3.8, 4) is 11.3 Å². The fourth-order valence-electron chi connectivity index (χ4n) is 2.21. The lowest BCUT2D eigenvalue weighted by molar-refractivity contribution is 0.155. The van der Waals surface area contributed by atoms with Crippen LogP contribution in [-0.4, -0.2) is 11.2 Å². The molecule has 1 amide bonds. The smallest absolute Gasteiger partial charge is 0.412 e. The Morgan fingerprint density at radius 3 is 2.52 bits per heavy atom. The van der Waals surface area contributed by atoms with E-state index in [9.17, 15) is 4.79 Å². The molecule has 0 saturated heterocycles. The number of amides is 1. The van der Waals surface area contributed by atoms with E-state index in [1.54, 1.807) is 19.1 Å². The number of nitrogens with zero attached hydrogens (tertiary/aromatic N) is 1. The standard InChI is InChI=1S/C18H14BrClN2O3.C2H6/c1-11-16(17(25-22-11)12-6-8-14(19)9-7-12)21-18(23)24-10-13-4-2-3-5-15(13)20;1-2/h2-9H,10H2,1H3,(H,21,23);1-2H3. The maximum Gasteiger partial charge on any atom is 0.412 e. The summed E-state index contributed by atoms with van der Waals surface area (Å²) in [6.45, 7) is 5.82. The number of nitrogens with one attached hydrogen (secondary N) is 1. The van der Waals surface area contributed by atoms with Crippen LogP contribution in [-0.2, 0) is 11.3 Å². The minimum Gasteiger partial charge on any atom is -0.444 e. The number of ether oxygens (including phenoxy) is 1. The van der Waals surface area contributed by atoms with E-state index in [4.69, 9.17) is 20.9 Å². The molecule has 0 aliphatic carbocycles. The van der Waals surface area contributed by atoms with E-state index in [-0.39, 0.29) is 6.61 Å². The highest BCUT2D eigenvalue weighted by Crippen LogP contribution is 2.31. The summed E-state index contributed by atoms with van der Waals surface area (Å²) in [7, 11) is 0. The van der Waals surface area contributed by atoms with Crippen molar-refractivity contribution in [1.82, 2.24) is 5.16 Å². The van der Waals surface area contributed by atoms with E-state index in [0.29, 0.717) is 22.2 Å². The van der Waals surface area contributed by atoms with Gasteiger partial charge < -0.3 is 9.26 Å². The summed E-state index contributed by atoms with van der Waals surface area (Å²) in [5.74, 6) is 0.472. The minimum atomic E-state index is -0.607. The molecule has 27 heavy (non-hydrogen) atoms. The lowest BCUT2D eigenvalue weighted by atomic mass is 10.1. The van der Waals surface area contributed by atoms with Gasteiger partial charge in [-0.05, 0) is 37.3 Å². The average Bonchev–Trinajstić information content (AvgIpc) is 3.04. The summed E-state index contributed by atoms with van der Waals surface area (Å²) in [6, 6.07) is 14.7. The Hall–Kier alpha value is -2.31. The Kier molecular flexibility index (Phi) is 7.88. The Labute approximate surface area is 171 Å². The van der Waals surface area contributed by atoms with Gasteiger partial charge >= 0.3 is 6.09 Å². The average molecular weight is 452 g/mol. The van der Waals surface area contributed by atoms with Crippen molar-refractivity contribution in [3.63, 3.8) is 0 Å². The molecule has 5 nitrogen and oxygen atoms in total. The summed E-state index contributed by atoms with van der Waals surface area (Å²) >= 11 is 9.44. The highest BCUT2D eigenvalue weighted by Gasteiger charge is 2.18.